The molecular formula is C14H19N5O2. The highest BCUT2D eigenvalue weighted by Gasteiger charge is 2.22. The molecule has 21 heavy (non-hydrogen) atoms. The topological polar surface area (TPSA) is 84.1 Å². The fourth-order valence-corrected chi connectivity index (χ4v) is 2.22. The molecule has 0 saturated heterocycles. The predicted octanol–water partition coefficient (Wildman–Crippen LogP) is 1.02. The van der Waals surface area contributed by atoms with Crippen molar-refractivity contribution in [3.63, 3.8) is 0 Å². The van der Waals surface area contributed by atoms with Crippen molar-refractivity contribution in [2.24, 2.45) is 0 Å². The van der Waals surface area contributed by atoms with Crippen molar-refractivity contribution >= 4 is 5.97 Å². The molecule has 1 aromatic carbocycles. The molecule has 0 amide bonds. The zero-order valence-electron chi connectivity index (χ0n) is 12.2. The molecule has 2 aromatic rings. The van der Waals surface area contributed by atoms with Crippen LogP contribution in [0.1, 0.15) is 24.7 Å². The first-order valence-electron chi connectivity index (χ1n) is 6.83. The monoisotopic (exact) mass is 289 g/mol. The van der Waals surface area contributed by atoms with Gasteiger partial charge in [0.05, 0.1) is 13.1 Å². The van der Waals surface area contributed by atoms with Crippen LogP contribution < -0.4 is 0 Å². The quantitative estimate of drug-likeness (QED) is 0.819. The maximum absolute atomic E-state index is 11.2. The average Bonchev–Trinajstić information content (AvgIpc) is 2.87. The molecule has 2 rings (SSSR count). The number of hydrogen-bond donors (Lipinski definition) is 1. The van der Waals surface area contributed by atoms with E-state index in [1.165, 1.54) is 0 Å². The van der Waals surface area contributed by atoms with E-state index in [-0.39, 0.29) is 0 Å². The van der Waals surface area contributed by atoms with E-state index in [4.69, 9.17) is 0 Å². The summed E-state index contributed by atoms with van der Waals surface area (Å²) in [5, 5.41) is 20.8. The lowest BCUT2D eigenvalue weighted by molar-refractivity contribution is -0.143. The van der Waals surface area contributed by atoms with Gasteiger partial charge in [-0.3, -0.25) is 9.69 Å². The smallest absolute Gasteiger partial charge is 0.320 e. The third-order valence-electron chi connectivity index (χ3n) is 3.38. The summed E-state index contributed by atoms with van der Waals surface area (Å²) in [7, 11) is 1.77. The summed E-state index contributed by atoms with van der Waals surface area (Å²) in [5.74, 6) is -0.178. The van der Waals surface area contributed by atoms with Gasteiger partial charge in [-0.15, -0.1) is 5.10 Å². The Labute approximate surface area is 123 Å². The highest BCUT2D eigenvalue weighted by molar-refractivity contribution is 5.73. The Morgan fingerprint density at radius 2 is 2.10 bits per heavy atom. The van der Waals surface area contributed by atoms with Crippen LogP contribution in [0.15, 0.2) is 30.3 Å². The van der Waals surface area contributed by atoms with Crippen LogP contribution in [0.4, 0.5) is 0 Å². The first-order valence-corrected chi connectivity index (χ1v) is 6.83. The second-order valence-electron chi connectivity index (χ2n) is 4.92. The minimum atomic E-state index is -0.831. The van der Waals surface area contributed by atoms with E-state index in [1.54, 1.807) is 16.6 Å². The standard InChI is InChI=1S/C14H19N5O2/c1-3-12(14(20)21)18(2)10-13-15-16-17-19(13)9-11-7-5-4-6-8-11/h4-8,12H,3,9-10H2,1-2H3,(H,20,21). The normalized spacial score (nSPS) is 12.5. The summed E-state index contributed by atoms with van der Waals surface area (Å²) in [4.78, 5) is 12.9. The third-order valence-corrected chi connectivity index (χ3v) is 3.38. The lowest BCUT2D eigenvalue weighted by Gasteiger charge is -2.22. The molecule has 1 atom stereocenters. The van der Waals surface area contributed by atoms with Gasteiger partial charge in [-0.2, -0.15) is 0 Å². The van der Waals surface area contributed by atoms with Gasteiger partial charge in [0.15, 0.2) is 5.82 Å². The van der Waals surface area contributed by atoms with Crippen molar-refractivity contribution in [1.82, 2.24) is 25.1 Å². The minimum absolute atomic E-state index is 0.393. The Bertz CT molecular complexity index is 584. The Morgan fingerprint density at radius 1 is 1.38 bits per heavy atom. The first-order chi connectivity index (χ1) is 10.1. The number of hydrogen-bond acceptors (Lipinski definition) is 5. The number of nitrogens with zero attached hydrogens (tertiary/aromatic N) is 5. The van der Waals surface area contributed by atoms with Crippen LogP contribution in [0.5, 0.6) is 0 Å². The molecule has 0 spiro atoms. The summed E-state index contributed by atoms with van der Waals surface area (Å²) in [5.41, 5.74) is 1.10. The summed E-state index contributed by atoms with van der Waals surface area (Å²) >= 11 is 0. The van der Waals surface area contributed by atoms with E-state index in [0.717, 1.165) is 5.56 Å². The zero-order chi connectivity index (χ0) is 15.2. The van der Waals surface area contributed by atoms with Gasteiger partial charge < -0.3 is 5.11 Å². The van der Waals surface area contributed by atoms with Crippen molar-refractivity contribution in [3.8, 4) is 0 Å². The van der Waals surface area contributed by atoms with Gasteiger partial charge in [-0.25, -0.2) is 4.68 Å². The maximum atomic E-state index is 11.2. The highest BCUT2D eigenvalue weighted by Crippen LogP contribution is 2.08. The molecule has 0 saturated carbocycles. The Kier molecular flexibility index (Phi) is 4.99. The van der Waals surface area contributed by atoms with Crippen LogP contribution in [0.25, 0.3) is 0 Å². The molecule has 1 N–H and O–H groups in total. The summed E-state index contributed by atoms with van der Waals surface area (Å²) in [6.45, 7) is 2.81. The molecule has 1 heterocycles. The third kappa shape index (κ3) is 3.85. The summed E-state index contributed by atoms with van der Waals surface area (Å²) in [6.07, 6.45) is 0.534. The Hall–Kier alpha value is -2.28. The second kappa shape index (κ2) is 6.94. The van der Waals surface area contributed by atoms with E-state index < -0.39 is 12.0 Å². The molecule has 0 aliphatic carbocycles. The largest absolute Gasteiger partial charge is 0.480 e. The van der Waals surface area contributed by atoms with Crippen LogP contribution >= 0.6 is 0 Å². The summed E-state index contributed by atoms with van der Waals surface area (Å²) < 4.78 is 1.69. The van der Waals surface area contributed by atoms with E-state index in [2.05, 4.69) is 15.5 Å². The number of benzene rings is 1. The number of carboxylic acid groups (broad SMARTS) is 1. The maximum Gasteiger partial charge on any atom is 0.320 e. The molecule has 1 aromatic heterocycles. The minimum Gasteiger partial charge on any atom is -0.480 e. The lowest BCUT2D eigenvalue weighted by atomic mass is 10.2. The molecule has 0 bridgehead atoms. The molecule has 0 aliphatic rings. The van der Waals surface area contributed by atoms with Gasteiger partial charge in [-0.1, -0.05) is 37.3 Å². The Balaban J connectivity index is 2.08. The van der Waals surface area contributed by atoms with Crippen molar-refractivity contribution in [1.29, 1.82) is 0 Å². The van der Waals surface area contributed by atoms with Gasteiger partial charge in [0.1, 0.15) is 6.04 Å². The van der Waals surface area contributed by atoms with Gasteiger partial charge in [0.2, 0.25) is 0 Å². The van der Waals surface area contributed by atoms with Gasteiger partial charge in [-0.05, 0) is 29.5 Å². The van der Waals surface area contributed by atoms with Crippen LogP contribution in [0.2, 0.25) is 0 Å². The fourth-order valence-electron chi connectivity index (χ4n) is 2.22. The average molecular weight is 289 g/mol. The highest BCUT2D eigenvalue weighted by atomic mass is 16.4. The predicted molar refractivity (Wildman–Crippen MR) is 76.5 cm³/mol. The molecule has 7 heteroatoms. The fraction of sp³-hybridized carbons (Fsp3) is 0.429. The van der Waals surface area contributed by atoms with Crippen molar-refractivity contribution in [2.45, 2.75) is 32.5 Å². The van der Waals surface area contributed by atoms with E-state index in [1.807, 2.05) is 37.3 Å². The Morgan fingerprint density at radius 3 is 2.71 bits per heavy atom. The molecule has 1 unspecified atom stereocenters. The molecule has 112 valence electrons. The molecule has 7 nitrogen and oxygen atoms in total. The number of tetrazole rings is 1. The van der Waals surface area contributed by atoms with Crippen molar-refractivity contribution in [3.05, 3.63) is 41.7 Å². The second-order valence-corrected chi connectivity index (χ2v) is 4.92. The van der Waals surface area contributed by atoms with E-state index in [9.17, 15) is 9.90 Å². The molecule has 0 fully saturated rings. The van der Waals surface area contributed by atoms with Crippen LogP contribution in [0.3, 0.4) is 0 Å². The number of likely N-dealkylation sites (N-methyl/N-ethyl adjacent to an activating group) is 1. The number of aliphatic carboxylic acids is 1. The number of carboxylic acids is 1. The van der Waals surface area contributed by atoms with E-state index >= 15 is 0 Å². The van der Waals surface area contributed by atoms with Crippen LogP contribution in [-0.4, -0.2) is 49.3 Å². The first kappa shape index (κ1) is 15.1. The van der Waals surface area contributed by atoms with Crippen LogP contribution in [0, 0.1) is 0 Å². The zero-order valence-corrected chi connectivity index (χ0v) is 12.2. The number of carbonyl (C=O) groups is 1. The SMILES string of the molecule is CCC(C(=O)O)N(C)Cc1nnnn1Cc1ccccc1. The van der Waals surface area contributed by atoms with Gasteiger partial charge in [0, 0.05) is 0 Å². The van der Waals surface area contributed by atoms with Crippen molar-refractivity contribution < 1.29 is 9.90 Å². The van der Waals surface area contributed by atoms with E-state index in [0.29, 0.717) is 25.3 Å². The molecule has 0 radical (unpaired) electrons. The van der Waals surface area contributed by atoms with Gasteiger partial charge >= 0.3 is 5.97 Å². The van der Waals surface area contributed by atoms with Gasteiger partial charge in [0.25, 0.3) is 0 Å². The number of aromatic nitrogens is 4. The molecular weight excluding hydrogens is 270 g/mol. The van der Waals surface area contributed by atoms with Crippen LogP contribution in [-0.2, 0) is 17.9 Å². The lowest BCUT2D eigenvalue weighted by Crippen LogP contribution is -2.38. The molecule has 0 aliphatic heterocycles. The number of rotatable bonds is 7. The van der Waals surface area contributed by atoms with Crippen molar-refractivity contribution in [2.75, 3.05) is 7.05 Å². The summed E-state index contributed by atoms with van der Waals surface area (Å²) in [6, 6.07) is 9.34.